The number of fused-ring (bicyclic) bond motifs is 1. The van der Waals surface area contributed by atoms with Crippen molar-refractivity contribution in [1.82, 2.24) is 15.0 Å². The lowest BCUT2D eigenvalue weighted by atomic mass is 9.90. The van der Waals surface area contributed by atoms with Gasteiger partial charge in [0, 0.05) is 23.1 Å². The van der Waals surface area contributed by atoms with Crippen molar-refractivity contribution in [2.24, 2.45) is 0 Å². The van der Waals surface area contributed by atoms with Gasteiger partial charge in [-0.05, 0) is 23.3 Å². The molecule has 0 N–H and O–H groups in total. The Kier molecular flexibility index (Phi) is 5.05. The van der Waals surface area contributed by atoms with Crippen LogP contribution < -0.4 is 0 Å². The lowest BCUT2D eigenvalue weighted by molar-refractivity contribution is -0.143. The maximum absolute atomic E-state index is 12.2. The molecule has 3 aromatic rings. The van der Waals surface area contributed by atoms with Crippen LogP contribution in [0.2, 0.25) is 0 Å². The van der Waals surface area contributed by atoms with Crippen molar-refractivity contribution in [1.29, 1.82) is 0 Å². The van der Waals surface area contributed by atoms with Crippen LogP contribution >= 0.6 is 15.9 Å². The number of carbonyl (C=O) groups is 1. The number of esters is 1. The molecule has 1 aliphatic heterocycles. The van der Waals surface area contributed by atoms with Gasteiger partial charge in [-0.2, -0.15) is 4.98 Å². The van der Waals surface area contributed by atoms with Gasteiger partial charge in [0.1, 0.15) is 0 Å². The summed E-state index contributed by atoms with van der Waals surface area (Å²) >= 11 is 3.45. The molecule has 4 rings (SSSR count). The van der Waals surface area contributed by atoms with E-state index in [1.807, 2.05) is 48.5 Å². The molecule has 0 radical (unpaired) electrons. The largest absolute Gasteiger partial charge is 0.469 e. The Morgan fingerprint density at radius 2 is 2.15 bits per heavy atom. The number of hydrogen-bond donors (Lipinski definition) is 0. The number of nitrogens with zero attached hydrogens (tertiary/aromatic N) is 3. The van der Waals surface area contributed by atoms with Crippen LogP contribution in [0.5, 0.6) is 0 Å². The number of carbonyl (C=O) groups excluding carboxylic acids is 1. The zero-order chi connectivity index (χ0) is 18.8. The van der Waals surface area contributed by atoms with E-state index >= 15 is 0 Å². The molecule has 1 aliphatic rings. The third kappa shape index (κ3) is 3.79. The Labute approximate surface area is 165 Å². The standard InChI is InChI=1S/C20H18BrN3O3/c1-26-20(25)17-11-24(10-14-5-2-3-8-16(14)17)12-18-22-19(23-27-18)13-6-4-7-15(21)9-13/h2-9,17H,10-12H2,1H3. The summed E-state index contributed by atoms with van der Waals surface area (Å²) in [7, 11) is 1.42. The summed E-state index contributed by atoms with van der Waals surface area (Å²) in [5.74, 6) is 0.529. The lowest BCUT2D eigenvalue weighted by Crippen LogP contribution is -2.37. The van der Waals surface area contributed by atoms with Gasteiger partial charge in [0.15, 0.2) is 0 Å². The van der Waals surface area contributed by atoms with E-state index in [0.717, 1.165) is 27.7 Å². The topological polar surface area (TPSA) is 68.5 Å². The van der Waals surface area contributed by atoms with E-state index in [-0.39, 0.29) is 11.9 Å². The van der Waals surface area contributed by atoms with Gasteiger partial charge in [-0.1, -0.05) is 57.5 Å². The molecule has 2 heterocycles. The quantitative estimate of drug-likeness (QED) is 0.590. The van der Waals surface area contributed by atoms with Crippen LogP contribution in [-0.2, 0) is 22.6 Å². The van der Waals surface area contributed by atoms with Gasteiger partial charge in [-0.25, -0.2) is 0 Å². The molecule has 7 heteroatoms. The number of aromatic nitrogens is 2. The predicted molar refractivity (Wildman–Crippen MR) is 103 cm³/mol. The number of rotatable bonds is 4. The average molecular weight is 428 g/mol. The summed E-state index contributed by atoms with van der Waals surface area (Å²) < 4.78 is 11.4. The highest BCUT2D eigenvalue weighted by atomic mass is 79.9. The first-order valence-electron chi connectivity index (χ1n) is 8.60. The Morgan fingerprint density at radius 1 is 1.30 bits per heavy atom. The molecule has 1 aromatic heterocycles. The molecule has 0 amide bonds. The van der Waals surface area contributed by atoms with Gasteiger partial charge in [-0.3, -0.25) is 9.69 Å². The summed E-state index contributed by atoms with van der Waals surface area (Å²) in [6, 6.07) is 15.7. The third-order valence-electron chi connectivity index (χ3n) is 4.66. The van der Waals surface area contributed by atoms with Gasteiger partial charge in [0.25, 0.3) is 0 Å². The summed E-state index contributed by atoms with van der Waals surface area (Å²) in [4.78, 5) is 18.9. The van der Waals surface area contributed by atoms with Crippen LogP contribution in [0, 0.1) is 0 Å². The van der Waals surface area contributed by atoms with E-state index in [2.05, 4.69) is 31.0 Å². The second-order valence-corrected chi connectivity index (χ2v) is 7.38. The molecule has 0 spiro atoms. The number of hydrogen-bond acceptors (Lipinski definition) is 6. The van der Waals surface area contributed by atoms with Crippen LogP contribution in [0.4, 0.5) is 0 Å². The summed E-state index contributed by atoms with van der Waals surface area (Å²) in [5, 5.41) is 4.08. The van der Waals surface area contributed by atoms with Crippen molar-refractivity contribution in [3.05, 3.63) is 70.0 Å². The Bertz CT molecular complexity index is 972. The molecule has 6 nitrogen and oxygen atoms in total. The fourth-order valence-corrected chi connectivity index (χ4v) is 3.80. The van der Waals surface area contributed by atoms with Crippen molar-refractivity contribution < 1.29 is 14.1 Å². The van der Waals surface area contributed by atoms with Crippen LogP contribution in [0.25, 0.3) is 11.4 Å². The third-order valence-corrected chi connectivity index (χ3v) is 5.15. The van der Waals surface area contributed by atoms with E-state index < -0.39 is 0 Å². The fourth-order valence-electron chi connectivity index (χ4n) is 3.40. The SMILES string of the molecule is COC(=O)C1CN(Cc2nc(-c3cccc(Br)c3)no2)Cc2ccccc21. The second kappa shape index (κ2) is 7.62. The minimum atomic E-state index is -0.313. The number of benzene rings is 2. The van der Waals surface area contributed by atoms with Crippen molar-refractivity contribution >= 4 is 21.9 Å². The summed E-state index contributed by atoms with van der Waals surface area (Å²) in [6.45, 7) is 1.75. The lowest BCUT2D eigenvalue weighted by Gasteiger charge is -2.32. The van der Waals surface area contributed by atoms with Crippen LogP contribution in [0.15, 0.2) is 57.5 Å². The minimum absolute atomic E-state index is 0.229. The monoisotopic (exact) mass is 427 g/mol. The van der Waals surface area contributed by atoms with Crippen molar-refractivity contribution in [2.45, 2.75) is 19.0 Å². The Balaban J connectivity index is 1.54. The van der Waals surface area contributed by atoms with Crippen LogP contribution in [0.3, 0.4) is 0 Å². The molecule has 0 aliphatic carbocycles. The van der Waals surface area contributed by atoms with E-state index in [0.29, 0.717) is 24.8 Å². The molecule has 138 valence electrons. The van der Waals surface area contributed by atoms with Crippen molar-refractivity contribution in [3.63, 3.8) is 0 Å². The van der Waals surface area contributed by atoms with Crippen molar-refractivity contribution in [2.75, 3.05) is 13.7 Å². The molecular weight excluding hydrogens is 410 g/mol. The first kappa shape index (κ1) is 17.9. The van der Waals surface area contributed by atoms with Crippen molar-refractivity contribution in [3.8, 4) is 11.4 Å². The number of methoxy groups -OCH3 is 1. The van der Waals surface area contributed by atoms with Gasteiger partial charge >= 0.3 is 5.97 Å². The predicted octanol–water partition coefficient (Wildman–Crippen LogP) is 3.77. The molecule has 1 unspecified atom stereocenters. The molecule has 0 saturated carbocycles. The highest BCUT2D eigenvalue weighted by Gasteiger charge is 2.31. The van der Waals surface area contributed by atoms with Gasteiger partial charge in [0.2, 0.25) is 11.7 Å². The zero-order valence-electron chi connectivity index (χ0n) is 14.8. The molecule has 2 aromatic carbocycles. The molecular formula is C20H18BrN3O3. The highest BCUT2D eigenvalue weighted by Crippen LogP contribution is 2.30. The fraction of sp³-hybridized carbons (Fsp3) is 0.250. The number of ether oxygens (including phenoxy) is 1. The molecule has 0 fully saturated rings. The highest BCUT2D eigenvalue weighted by molar-refractivity contribution is 9.10. The number of halogens is 1. The smallest absolute Gasteiger partial charge is 0.314 e. The average Bonchev–Trinajstić information content (AvgIpc) is 3.15. The molecule has 1 atom stereocenters. The Hall–Kier alpha value is -2.51. The van der Waals surface area contributed by atoms with E-state index in [1.165, 1.54) is 7.11 Å². The first-order chi connectivity index (χ1) is 13.1. The first-order valence-corrected chi connectivity index (χ1v) is 9.40. The Morgan fingerprint density at radius 3 is 2.96 bits per heavy atom. The van der Waals surface area contributed by atoms with E-state index in [4.69, 9.17) is 9.26 Å². The summed E-state index contributed by atoms with van der Waals surface area (Å²) in [5.41, 5.74) is 3.03. The molecule has 0 saturated heterocycles. The zero-order valence-corrected chi connectivity index (χ0v) is 16.3. The molecule has 27 heavy (non-hydrogen) atoms. The normalized spacial score (nSPS) is 16.7. The van der Waals surface area contributed by atoms with Gasteiger partial charge in [-0.15, -0.1) is 0 Å². The van der Waals surface area contributed by atoms with E-state index in [9.17, 15) is 4.79 Å². The maximum Gasteiger partial charge on any atom is 0.314 e. The summed E-state index contributed by atoms with van der Waals surface area (Å²) in [6.07, 6.45) is 0. The van der Waals surface area contributed by atoms with Gasteiger partial charge in [0.05, 0.1) is 19.6 Å². The van der Waals surface area contributed by atoms with Crippen LogP contribution in [-0.4, -0.2) is 34.7 Å². The van der Waals surface area contributed by atoms with Gasteiger partial charge < -0.3 is 9.26 Å². The molecule has 0 bridgehead atoms. The second-order valence-electron chi connectivity index (χ2n) is 6.47. The van der Waals surface area contributed by atoms with E-state index in [1.54, 1.807) is 0 Å². The minimum Gasteiger partial charge on any atom is -0.469 e. The van der Waals surface area contributed by atoms with Crippen LogP contribution in [0.1, 0.15) is 22.9 Å². The maximum atomic E-state index is 12.2.